The van der Waals surface area contributed by atoms with Gasteiger partial charge in [0.2, 0.25) is 5.91 Å². The zero-order valence-electron chi connectivity index (χ0n) is 10.4. The standard InChI is InChI=1S/C13H15NO2S3/c15-12(14-5-8-19-13(14)17)11(9-3-1-6-16-9)10-4-2-7-18-10/h2,4,7,9,11H,1,3,5-6,8H2/t9-,11-/m0/s1. The number of ether oxygens (including phenoxy) is 1. The molecule has 3 heterocycles. The molecule has 0 N–H and O–H groups in total. The second-order valence-electron chi connectivity index (χ2n) is 4.65. The van der Waals surface area contributed by atoms with Crippen LogP contribution in [0.3, 0.4) is 0 Å². The van der Waals surface area contributed by atoms with E-state index >= 15 is 0 Å². The van der Waals surface area contributed by atoms with Crippen molar-refractivity contribution in [1.29, 1.82) is 0 Å². The fourth-order valence-corrected chi connectivity index (χ4v) is 4.65. The molecule has 3 nitrogen and oxygen atoms in total. The number of nitrogens with zero attached hydrogens (tertiary/aromatic N) is 1. The number of carbonyl (C=O) groups is 1. The molecule has 1 aromatic rings. The highest BCUT2D eigenvalue weighted by Crippen LogP contribution is 2.35. The molecule has 102 valence electrons. The van der Waals surface area contributed by atoms with Crippen molar-refractivity contribution in [1.82, 2.24) is 4.90 Å². The van der Waals surface area contributed by atoms with Crippen LogP contribution in [0.5, 0.6) is 0 Å². The molecule has 1 aromatic heterocycles. The van der Waals surface area contributed by atoms with Crippen LogP contribution in [0.15, 0.2) is 17.5 Å². The fourth-order valence-electron chi connectivity index (χ4n) is 2.56. The van der Waals surface area contributed by atoms with Gasteiger partial charge in [0.1, 0.15) is 4.32 Å². The van der Waals surface area contributed by atoms with Gasteiger partial charge in [0.25, 0.3) is 0 Å². The van der Waals surface area contributed by atoms with Crippen LogP contribution in [0, 0.1) is 0 Å². The van der Waals surface area contributed by atoms with Crippen LogP contribution in [0.25, 0.3) is 0 Å². The summed E-state index contributed by atoms with van der Waals surface area (Å²) in [5.41, 5.74) is 0. The Labute approximate surface area is 126 Å². The molecule has 0 bridgehead atoms. The zero-order valence-corrected chi connectivity index (χ0v) is 12.9. The van der Waals surface area contributed by atoms with E-state index in [4.69, 9.17) is 17.0 Å². The maximum absolute atomic E-state index is 12.8. The molecule has 0 saturated carbocycles. The van der Waals surface area contributed by atoms with E-state index in [0.717, 1.165) is 36.6 Å². The van der Waals surface area contributed by atoms with Crippen LogP contribution >= 0.6 is 35.3 Å². The topological polar surface area (TPSA) is 29.5 Å². The first-order valence-corrected chi connectivity index (χ1v) is 8.68. The predicted molar refractivity (Wildman–Crippen MR) is 82.8 cm³/mol. The molecular formula is C13H15NO2S3. The van der Waals surface area contributed by atoms with Gasteiger partial charge in [0.15, 0.2) is 0 Å². The van der Waals surface area contributed by atoms with E-state index < -0.39 is 0 Å². The molecule has 3 rings (SSSR count). The molecule has 2 aliphatic rings. The van der Waals surface area contributed by atoms with Crippen molar-refractivity contribution < 1.29 is 9.53 Å². The van der Waals surface area contributed by atoms with Crippen LogP contribution in [-0.2, 0) is 9.53 Å². The van der Waals surface area contributed by atoms with Crippen molar-refractivity contribution in [3.63, 3.8) is 0 Å². The Morgan fingerprint density at radius 1 is 1.58 bits per heavy atom. The number of thioether (sulfide) groups is 1. The number of carbonyl (C=O) groups excluding carboxylic acids is 1. The van der Waals surface area contributed by atoms with Gasteiger partial charge < -0.3 is 4.74 Å². The first kappa shape index (κ1) is 13.5. The maximum atomic E-state index is 12.8. The summed E-state index contributed by atoms with van der Waals surface area (Å²) in [7, 11) is 0. The van der Waals surface area contributed by atoms with E-state index in [1.165, 1.54) is 0 Å². The van der Waals surface area contributed by atoms with Gasteiger partial charge in [0.05, 0.1) is 12.0 Å². The minimum absolute atomic E-state index is 0.0135. The van der Waals surface area contributed by atoms with Crippen LogP contribution < -0.4 is 0 Å². The SMILES string of the molecule is O=C([C@H](c1cccs1)[C@@H]1CCCO1)N1CCSC1=S. The summed E-state index contributed by atoms with van der Waals surface area (Å²) in [5.74, 6) is 0.844. The monoisotopic (exact) mass is 313 g/mol. The Morgan fingerprint density at radius 2 is 2.47 bits per heavy atom. The molecule has 1 amide bonds. The van der Waals surface area contributed by atoms with Crippen LogP contribution in [0.2, 0.25) is 0 Å². The normalized spacial score (nSPS) is 24.9. The highest BCUT2D eigenvalue weighted by molar-refractivity contribution is 8.23. The summed E-state index contributed by atoms with van der Waals surface area (Å²) < 4.78 is 6.48. The van der Waals surface area contributed by atoms with Crippen LogP contribution in [0.1, 0.15) is 23.6 Å². The molecule has 0 unspecified atom stereocenters. The first-order chi connectivity index (χ1) is 9.27. The Bertz CT molecular complexity index is 468. The zero-order chi connectivity index (χ0) is 13.2. The van der Waals surface area contributed by atoms with Crippen molar-refractivity contribution in [3.8, 4) is 0 Å². The average molecular weight is 313 g/mol. The van der Waals surface area contributed by atoms with Gasteiger partial charge in [-0.25, -0.2) is 0 Å². The molecule has 0 spiro atoms. The quantitative estimate of drug-likeness (QED) is 0.803. The Morgan fingerprint density at radius 3 is 3.05 bits per heavy atom. The molecule has 2 saturated heterocycles. The second kappa shape index (κ2) is 5.91. The molecule has 6 heteroatoms. The lowest BCUT2D eigenvalue weighted by Gasteiger charge is -2.25. The van der Waals surface area contributed by atoms with Crippen LogP contribution in [-0.4, -0.2) is 40.1 Å². The first-order valence-electron chi connectivity index (χ1n) is 6.40. The lowest BCUT2D eigenvalue weighted by molar-refractivity contribution is -0.131. The molecule has 0 aromatic carbocycles. The van der Waals surface area contributed by atoms with Gasteiger partial charge in [-0.2, -0.15) is 0 Å². The molecule has 0 aliphatic carbocycles. The number of thiocarbonyl (C=S) groups is 1. The van der Waals surface area contributed by atoms with Gasteiger partial charge in [-0.3, -0.25) is 9.69 Å². The van der Waals surface area contributed by atoms with Crippen molar-refractivity contribution in [2.75, 3.05) is 18.9 Å². The summed E-state index contributed by atoms with van der Waals surface area (Å²) in [4.78, 5) is 15.6. The van der Waals surface area contributed by atoms with Gasteiger partial charge in [-0.1, -0.05) is 30.0 Å². The number of amides is 1. The summed E-state index contributed by atoms with van der Waals surface area (Å²) >= 11 is 8.49. The fraction of sp³-hybridized carbons (Fsp3) is 0.538. The van der Waals surface area contributed by atoms with Gasteiger partial charge in [-0.15, -0.1) is 11.3 Å². The van der Waals surface area contributed by atoms with E-state index in [-0.39, 0.29) is 17.9 Å². The van der Waals surface area contributed by atoms with Gasteiger partial charge in [0, 0.05) is 23.8 Å². The van der Waals surface area contributed by atoms with Crippen molar-refractivity contribution in [3.05, 3.63) is 22.4 Å². The molecular weight excluding hydrogens is 298 g/mol. The molecule has 2 atom stereocenters. The number of thiophene rings is 1. The summed E-state index contributed by atoms with van der Waals surface area (Å²) in [6.07, 6.45) is 2.01. The van der Waals surface area contributed by atoms with Crippen LogP contribution in [0.4, 0.5) is 0 Å². The second-order valence-corrected chi connectivity index (χ2v) is 7.36. The minimum atomic E-state index is -0.181. The van der Waals surface area contributed by atoms with E-state index in [0.29, 0.717) is 4.32 Å². The Balaban J connectivity index is 1.86. The van der Waals surface area contributed by atoms with E-state index in [1.807, 2.05) is 17.5 Å². The predicted octanol–water partition coefficient (Wildman–Crippen LogP) is 2.87. The number of hydrogen-bond acceptors (Lipinski definition) is 5. The average Bonchev–Trinajstić information content (AvgIpc) is 3.10. The van der Waals surface area contributed by atoms with E-state index in [9.17, 15) is 4.79 Å². The number of rotatable bonds is 3. The smallest absolute Gasteiger partial charge is 0.239 e. The molecule has 2 fully saturated rings. The highest BCUT2D eigenvalue weighted by atomic mass is 32.2. The maximum Gasteiger partial charge on any atom is 0.239 e. The Kier molecular flexibility index (Phi) is 4.21. The molecule has 0 radical (unpaired) electrons. The molecule has 2 aliphatic heterocycles. The highest BCUT2D eigenvalue weighted by Gasteiger charge is 2.38. The third kappa shape index (κ3) is 2.72. The molecule has 19 heavy (non-hydrogen) atoms. The Hall–Kier alpha value is -0.430. The van der Waals surface area contributed by atoms with Gasteiger partial charge in [-0.05, 0) is 24.3 Å². The largest absolute Gasteiger partial charge is 0.377 e. The summed E-state index contributed by atoms with van der Waals surface area (Å²) in [6.45, 7) is 1.50. The lowest BCUT2D eigenvalue weighted by Crippen LogP contribution is -2.39. The van der Waals surface area contributed by atoms with Crippen molar-refractivity contribution in [2.24, 2.45) is 0 Å². The third-order valence-electron chi connectivity index (χ3n) is 3.48. The lowest BCUT2D eigenvalue weighted by atomic mass is 9.96. The number of hydrogen-bond donors (Lipinski definition) is 0. The summed E-state index contributed by atoms with van der Waals surface area (Å²) in [6, 6.07) is 4.02. The van der Waals surface area contributed by atoms with Crippen molar-refractivity contribution >= 4 is 45.5 Å². The minimum Gasteiger partial charge on any atom is -0.377 e. The third-order valence-corrected chi connectivity index (χ3v) is 5.86. The van der Waals surface area contributed by atoms with Gasteiger partial charge >= 0.3 is 0 Å². The van der Waals surface area contributed by atoms with E-state index in [2.05, 4.69) is 0 Å². The summed E-state index contributed by atoms with van der Waals surface area (Å²) in [5, 5.41) is 2.02. The van der Waals surface area contributed by atoms with E-state index in [1.54, 1.807) is 28.0 Å². The van der Waals surface area contributed by atoms with Crippen molar-refractivity contribution in [2.45, 2.75) is 24.9 Å².